The van der Waals surface area contributed by atoms with Crippen LogP contribution in [0.25, 0.3) is 0 Å². The Labute approximate surface area is 118 Å². The zero-order valence-corrected chi connectivity index (χ0v) is 11.6. The fourth-order valence-corrected chi connectivity index (χ4v) is 2.77. The molecule has 0 aromatic heterocycles. The first-order valence-corrected chi connectivity index (χ1v) is 7.14. The lowest BCUT2D eigenvalue weighted by Gasteiger charge is -2.25. The van der Waals surface area contributed by atoms with E-state index in [1.54, 1.807) is 0 Å². The molecule has 1 saturated carbocycles. The molecule has 0 amide bonds. The summed E-state index contributed by atoms with van der Waals surface area (Å²) in [7, 11) is 0. The number of hydrogen-bond donors (Lipinski definition) is 1. The molecule has 4 heteroatoms. The molecule has 0 bridgehead atoms. The number of nitrogens with one attached hydrogen (secondary N) is 1. The van der Waals surface area contributed by atoms with E-state index >= 15 is 0 Å². The van der Waals surface area contributed by atoms with Crippen molar-refractivity contribution in [2.24, 2.45) is 5.92 Å². The molecule has 1 fully saturated rings. The van der Waals surface area contributed by atoms with Gasteiger partial charge in [0.15, 0.2) is 11.5 Å². The van der Waals surface area contributed by atoms with Crippen LogP contribution in [0, 0.1) is 5.92 Å². The Morgan fingerprint density at radius 3 is 3.05 bits per heavy atom. The van der Waals surface area contributed by atoms with Crippen molar-refractivity contribution in [2.75, 3.05) is 24.8 Å². The van der Waals surface area contributed by atoms with E-state index in [-0.39, 0.29) is 0 Å². The second kappa shape index (κ2) is 4.47. The molecule has 1 atom stereocenters. The highest BCUT2D eigenvalue weighted by molar-refractivity contribution is 5.58. The van der Waals surface area contributed by atoms with Gasteiger partial charge in [-0.2, -0.15) is 0 Å². The van der Waals surface area contributed by atoms with Crippen molar-refractivity contribution in [1.82, 2.24) is 5.32 Å². The number of ether oxygens (including phenoxy) is 2. The molecular formula is C16H18N2O2. The molecule has 2 heterocycles. The maximum Gasteiger partial charge on any atom is 0.231 e. The maximum absolute atomic E-state index is 5.46. The SMILES string of the molecule is CCN(CC1=CC2CC2=CN1)c1ccc2c(c1)OCO2. The van der Waals surface area contributed by atoms with E-state index in [9.17, 15) is 0 Å². The Morgan fingerprint density at radius 2 is 2.20 bits per heavy atom. The van der Waals surface area contributed by atoms with Gasteiger partial charge in [-0.05, 0) is 31.1 Å². The normalized spacial score (nSPS) is 21.6. The Bertz CT molecular complexity index is 606. The molecule has 4 rings (SSSR count). The molecule has 2 aliphatic heterocycles. The summed E-state index contributed by atoms with van der Waals surface area (Å²) >= 11 is 0. The van der Waals surface area contributed by atoms with Gasteiger partial charge in [0, 0.05) is 36.1 Å². The van der Waals surface area contributed by atoms with Gasteiger partial charge >= 0.3 is 0 Å². The highest BCUT2D eigenvalue weighted by Crippen LogP contribution is 2.41. The van der Waals surface area contributed by atoms with Crippen molar-refractivity contribution in [3.05, 3.63) is 41.7 Å². The third-order valence-corrected chi connectivity index (χ3v) is 4.08. The molecule has 3 aliphatic rings. The first-order valence-electron chi connectivity index (χ1n) is 7.14. The zero-order chi connectivity index (χ0) is 13.5. The monoisotopic (exact) mass is 270 g/mol. The number of rotatable bonds is 4. The summed E-state index contributed by atoms with van der Waals surface area (Å²) in [6.45, 7) is 4.36. The molecule has 4 nitrogen and oxygen atoms in total. The van der Waals surface area contributed by atoms with Gasteiger partial charge in [-0.3, -0.25) is 0 Å². The molecule has 0 saturated heterocycles. The van der Waals surface area contributed by atoms with Crippen LogP contribution in [-0.2, 0) is 0 Å². The third-order valence-electron chi connectivity index (χ3n) is 4.08. The van der Waals surface area contributed by atoms with E-state index in [4.69, 9.17) is 9.47 Å². The Kier molecular flexibility index (Phi) is 2.62. The van der Waals surface area contributed by atoms with Crippen LogP contribution >= 0.6 is 0 Å². The third kappa shape index (κ3) is 2.01. The second-order valence-corrected chi connectivity index (χ2v) is 5.42. The van der Waals surface area contributed by atoms with Gasteiger partial charge in [-0.15, -0.1) is 0 Å². The van der Waals surface area contributed by atoms with Gasteiger partial charge in [-0.1, -0.05) is 6.08 Å². The first-order chi connectivity index (χ1) is 9.83. The van der Waals surface area contributed by atoms with Crippen LogP contribution in [0.5, 0.6) is 11.5 Å². The molecule has 1 aromatic carbocycles. The van der Waals surface area contributed by atoms with Crippen LogP contribution in [0.1, 0.15) is 13.3 Å². The molecule has 1 aromatic rings. The first kappa shape index (κ1) is 11.7. The van der Waals surface area contributed by atoms with E-state index in [0.29, 0.717) is 12.7 Å². The smallest absolute Gasteiger partial charge is 0.231 e. The van der Waals surface area contributed by atoms with Crippen LogP contribution < -0.4 is 19.7 Å². The minimum Gasteiger partial charge on any atom is -0.454 e. The molecule has 1 N–H and O–H groups in total. The summed E-state index contributed by atoms with van der Waals surface area (Å²) < 4.78 is 10.8. The van der Waals surface area contributed by atoms with Gasteiger partial charge < -0.3 is 19.7 Å². The van der Waals surface area contributed by atoms with Gasteiger partial charge in [0.2, 0.25) is 6.79 Å². The summed E-state index contributed by atoms with van der Waals surface area (Å²) in [5.74, 6) is 2.38. The maximum atomic E-state index is 5.46. The van der Waals surface area contributed by atoms with Crippen LogP contribution in [0.15, 0.2) is 41.7 Å². The fraction of sp³-hybridized carbons (Fsp3) is 0.375. The average molecular weight is 270 g/mol. The lowest BCUT2D eigenvalue weighted by Crippen LogP contribution is -2.29. The van der Waals surface area contributed by atoms with Crippen molar-refractivity contribution in [3.63, 3.8) is 0 Å². The van der Waals surface area contributed by atoms with E-state index in [1.807, 2.05) is 6.07 Å². The molecule has 0 spiro atoms. The van der Waals surface area contributed by atoms with Gasteiger partial charge in [0.05, 0.1) is 6.54 Å². The summed E-state index contributed by atoms with van der Waals surface area (Å²) in [5.41, 5.74) is 3.99. The summed E-state index contributed by atoms with van der Waals surface area (Å²) in [6.07, 6.45) is 5.74. The number of dihydropyridines is 1. The van der Waals surface area contributed by atoms with Crippen LogP contribution in [0.4, 0.5) is 5.69 Å². The Morgan fingerprint density at radius 1 is 1.30 bits per heavy atom. The number of benzene rings is 1. The van der Waals surface area contributed by atoms with E-state index in [0.717, 1.165) is 24.6 Å². The Balaban J connectivity index is 1.53. The van der Waals surface area contributed by atoms with Crippen LogP contribution in [0.2, 0.25) is 0 Å². The largest absolute Gasteiger partial charge is 0.454 e. The quantitative estimate of drug-likeness (QED) is 0.912. The molecule has 0 radical (unpaired) electrons. The molecule has 1 aliphatic carbocycles. The number of hydrogen-bond acceptors (Lipinski definition) is 4. The van der Waals surface area contributed by atoms with Gasteiger partial charge in [0.1, 0.15) is 0 Å². The predicted molar refractivity (Wildman–Crippen MR) is 77.9 cm³/mol. The van der Waals surface area contributed by atoms with Crippen molar-refractivity contribution in [3.8, 4) is 11.5 Å². The Hall–Kier alpha value is -2.10. The molecule has 1 unspecified atom stereocenters. The van der Waals surface area contributed by atoms with E-state index in [1.165, 1.54) is 23.4 Å². The van der Waals surface area contributed by atoms with Gasteiger partial charge in [0.25, 0.3) is 0 Å². The highest BCUT2D eigenvalue weighted by Gasteiger charge is 2.30. The fourth-order valence-electron chi connectivity index (χ4n) is 2.77. The van der Waals surface area contributed by atoms with Gasteiger partial charge in [-0.25, -0.2) is 0 Å². The minimum absolute atomic E-state index is 0.326. The highest BCUT2D eigenvalue weighted by atomic mass is 16.7. The number of nitrogens with zero attached hydrogens (tertiary/aromatic N) is 1. The lowest BCUT2D eigenvalue weighted by atomic mass is 10.2. The zero-order valence-electron chi connectivity index (χ0n) is 11.6. The second-order valence-electron chi connectivity index (χ2n) is 5.42. The van der Waals surface area contributed by atoms with E-state index < -0.39 is 0 Å². The standard InChI is InChI=1S/C16H18N2O2/c1-2-18(9-13-6-11-5-12(11)8-17-13)14-3-4-15-16(7-14)20-10-19-15/h3-4,6-8,11,17H,2,5,9-10H2,1H3. The average Bonchev–Trinajstić information content (AvgIpc) is 3.10. The minimum atomic E-state index is 0.326. The van der Waals surface area contributed by atoms with Crippen molar-refractivity contribution < 1.29 is 9.47 Å². The number of allylic oxidation sites excluding steroid dienone is 2. The van der Waals surface area contributed by atoms with Crippen LogP contribution in [0.3, 0.4) is 0 Å². The van der Waals surface area contributed by atoms with Crippen molar-refractivity contribution in [2.45, 2.75) is 13.3 Å². The predicted octanol–water partition coefficient (Wildman–Crippen LogP) is 2.63. The number of anilines is 1. The van der Waals surface area contributed by atoms with E-state index in [2.05, 4.69) is 41.5 Å². The molecule has 104 valence electrons. The summed E-state index contributed by atoms with van der Waals surface area (Å²) in [4.78, 5) is 2.34. The number of fused-ring (bicyclic) bond motifs is 2. The number of likely N-dealkylation sites (N-methyl/N-ethyl adjacent to an activating group) is 1. The van der Waals surface area contributed by atoms with Crippen molar-refractivity contribution in [1.29, 1.82) is 0 Å². The van der Waals surface area contributed by atoms with Crippen LogP contribution in [-0.4, -0.2) is 19.9 Å². The topological polar surface area (TPSA) is 33.7 Å². The molecular weight excluding hydrogens is 252 g/mol. The summed E-state index contributed by atoms with van der Waals surface area (Å²) in [5, 5.41) is 3.40. The van der Waals surface area contributed by atoms with Crippen molar-refractivity contribution >= 4 is 5.69 Å². The summed E-state index contributed by atoms with van der Waals surface area (Å²) in [6, 6.07) is 6.15. The molecule has 20 heavy (non-hydrogen) atoms. The lowest BCUT2D eigenvalue weighted by molar-refractivity contribution is 0.174.